The zero-order chi connectivity index (χ0) is 13.5. The Morgan fingerprint density at radius 3 is 2.63 bits per heavy atom. The standard InChI is InChI=1S/C15H17NO3/c1-18-14-4-2-3-13(11-17)15(14)19-10-7-12-5-8-16-9-6-12/h2-6,8-9,17H,7,10-11H2,1H3. The molecule has 0 aliphatic rings. The van der Waals surface area contributed by atoms with E-state index in [0.29, 0.717) is 18.1 Å². The number of nitrogens with zero attached hydrogens (tertiary/aromatic N) is 1. The second kappa shape index (κ2) is 6.75. The van der Waals surface area contributed by atoms with E-state index in [9.17, 15) is 5.11 Å². The average molecular weight is 259 g/mol. The maximum absolute atomic E-state index is 9.31. The third-order valence-electron chi connectivity index (χ3n) is 2.84. The molecular weight excluding hydrogens is 242 g/mol. The van der Waals surface area contributed by atoms with Gasteiger partial charge < -0.3 is 14.6 Å². The molecule has 1 N–H and O–H groups in total. The van der Waals surface area contributed by atoms with Crippen molar-refractivity contribution in [1.29, 1.82) is 0 Å². The summed E-state index contributed by atoms with van der Waals surface area (Å²) in [6.07, 6.45) is 4.31. The van der Waals surface area contributed by atoms with Gasteiger partial charge in [0, 0.05) is 24.4 Å². The van der Waals surface area contributed by atoms with Crippen molar-refractivity contribution in [2.45, 2.75) is 13.0 Å². The normalized spacial score (nSPS) is 10.2. The van der Waals surface area contributed by atoms with E-state index in [4.69, 9.17) is 9.47 Å². The van der Waals surface area contributed by atoms with Crippen LogP contribution in [0, 0.1) is 0 Å². The topological polar surface area (TPSA) is 51.6 Å². The Balaban J connectivity index is 2.02. The van der Waals surface area contributed by atoms with Crippen molar-refractivity contribution in [2.24, 2.45) is 0 Å². The first-order chi connectivity index (χ1) is 9.35. The van der Waals surface area contributed by atoms with Gasteiger partial charge in [-0.05, 0) is 23.8 Å². The van der Waals surface area contributed by atoms with Crippen molar-refractivity contribution in [3.8, 4) is 11.5 Å². The first-order valence-electron chi connectivity index (χ1n) is 6.13. The van der Waals surface area contributed by atoms with Crippen molar-refractivity contribution in [3.05, 3.63) is 53.9 Å². The number of aliphatic hydroxyl groups excluding tert-OH is 1. The van der Waals surface area contributed by atoms with Crippen LogP contribution in [0.15, 0.2) is 42.7 Å². The van der Waals surface area contributed by atoms with Crippen LogP contribution in [-0.2, 0) is 13.0 Å². The van der Waals surface area contributed by atoms with Gasteiger partial charge in [-0.1, -0.05) is 12.1 Å². The van der Waals surface area contributed by atoms with Gasteiger partial charge in [-0.3, -0.25) is 4.98 Å². The number of rotatable bonds is 6. The van der Waals surface area contributed by atoms with E-state index in [0.717, 1.165) is 17.5 Å². The lowest BCUT2D eigenvalue weighted by Crippen LogP contribution is -2.05. The number of benzene rings is 1. The minimum absolute atomic E-state index is 0.0677. The highest BCUT2D eigenvalue weighted by Crippen LogP contribution is 2.31. The number of pyridine rings is 1. The Bertz CT molecular complexity index is 492. The highest BCUT2D eigenvalue weighted by Gasteiger charge is 2.09. The van der Waals surface area contributed by atoms with Crippen molar-refractivity contribution in [1.82, 2.24) is 4.98 Å². The quantitative estimate of drug-likeness (QED) is 0.864. The van der Waals surface area contributed by atoms with Crippen molar-refractivity contribution >= 4 is 0 Å². The van der Waals surface area contributed by atoms with Crippen LogP contribution in [0.2, 0.25) is 0 Å². The monoisotopic (exact) mass is 259 g/mol. The summed E-state index contributed by atoms with van der Waals surface area (Å²) >= 11 is 0. The van der Waals surface area contributed by atoms with Crippen LogP contribution in [0.5, 0.6) is 11.5 Å². The molecule has 0 spiro atoms. The maximum Gasteiger partial charge on any atom is 0.166 e. The van der Waals surface area contributed by atoms with Crippen LogP contribution in [0.1, 0.15) is 11.1 Å². The fourth-order valence-corrected chi connectivity index (χ4v) is 1.83. The van der Waals surface area contributed by atoms with Crippen LogP contribution in [0.25, 0.3) is 0 Å². The maximum atomic E-state index is 9.31. The lowest BCUT2D eigenvalue weighted by atomic mass is 10.2. The van der Waals surface area contributed by atoms with Crippen LogP contribution >= 0.6 is 0 Å². The summed E-state index contributed by atoms with van der Waals surface area (Å²) in [7, 11) is 1.59. The van der Waals surface area contributed by atoms with Crippen molar-refractivity contribution < 1.29 is 14.6 Å². The van der Waals surface area contributed by atoms with E-state index in [1.165, 1.54) is 0 Å². The summed E-state index contributed by atoms with van der Waals surface area (Å²) in [6.45, 7) is 0.458. The molecule has 0 aliphatic carbocycles. The molecule has 0 aliphatic heterocycles. The molecule has 100 valence electrons. The third kappa shape index (κ3) is 3.45. The van der Waals surface area contributed by atoms with E-state index in [-0.39, 0.29) is 6.61 Å². The first-order valence-corrected chi connectivity index (χ1v) is 6.13. The first kappa shape index (κ1) is 13.4. The number of ether oxygens (including phenoxy) is 2. The zero-order valence-corrected chi connectivity index (χ0v) is 10.9. The number of aliphatic hydroxyl groups is 1. The summed E-state index contributed by atoms with van der Waals surface area (Å²) < 4.78 is 11.0. The highest BCUT2D eigenvalue weighted by atomic mass is 16.5. The largest absolute Gasteiger partial charge is 0.493 e. The molecule has 0 unspecified atom stereocenters. The van der Waals surface area contributed by atoms with Gasteiger partial charge in [0.25, 0.3) is 0 Å². The third-order valence-corrected chi connectivity index (χ3v) is 2.84. The summed E-state index contributed by atoms with van der Waals surface area (Å²) in [5, 5.41) is 9.31. The SMILES string of the molecule is COc1cccc(CO)c1OCCc1ccncc1. The molecule has 1 aromatic carbocycles. The molecule has 0 fully saturated rings. The molecule has 0 saturated carbocycles. The molecule has 0 atom stereocenters. The number of para-hydroxylation sites is 1. The second-order valence-corrected chi connectivity index (χ2v) is 4.06. The van der Waals surface area contributed by atoms with Gasteiger partial charge in [-0.15, -0.1) is 0 Å². The molecule has 2 aromatic rings. The minimum Gasteiger partial charge on any atom is -0.493 e. The molecule has 2 rings (SSSR count). The lowest BCUT2D eigenvalue weighted by molar-refractivity contribution is 0.256. The van der Waals surface area contributed by atoms with Gasteiger partial charge in [-0.2, -0.15) is 0 Å². The lowest BCUT2D eigenvalue weighted by Gasteiger charge is -2.13. The van der Waals surface area contributed by atoms with E-state index in [1.807, 2.05) is 30.3 Å². The Hall–Kier alpha value is -2.07. The molecule has 19 heavy (non-hydrogen) atoms. The van der Waals surface area contributed by atoms with Gasteiger partial charge in [0.1, 0.15) is 0 Å². The zero-order valence-electron chi connectivity index (χ0n) is 10.9. The highest BCUT2D eigenvalue weighted by molar-refractivity contribution is 5.46. The fourth-order valence-electron chi connectivity index (χ4n) is 1.83. The molecule has 0 amide bonds. The molecule has 1 aromatic heterocycles. The molecule has 0 radical (unpaired) electrons. The van der Waals surface area contributed by atoms with Crippen LogP contribution in [0.3, 0.4) is 0 Å². The van der Waals surface area contributed by atoms with Crippen LogP contribution in [0.4, 0.5) is 0 Å². The molecule has 4 nitrogen and oxygen atoms in total. The predicted molar refractivity (Wildman–Crippen MR) is 72.4 cm³/mol. The molecule has 1 heterocycles. The summed E-state index contributed by atoms with van der Waals surface area (Å²) in [5.41, 5.74) is 1.89. The van der Waals surface area contributed by atoms with E-state index < -0.39 is 0 Å². The number of methoxy groups -OCH3 is 1. The van der Waals surface area contributed by atoms with Crippen LogP contribution < -0.4 is 9.47 Å². The number of hydrogen-bond acceptors (Lipinski definition) is 4. The Kier molecular flexibility index (Phi) is 4.75. The molecular formula is C15H17NO3. The minimum atomic E-state index is -0.0677. The van der Waals surface area contributed by atoms with Gasteiger partial charge in [-0.25, -0.2) is 0 Å². The molecule has 4 heteroatoms. The fraction of sp³-hybridized carbons (Fsp3) is 0.267. The number of aromatic nitrogens is 1. The van der Waals surface area contributed by atoms with Gasteiger partial charge in [0.15, 0.2) is 11.5 Å². The van der Waals surface area contributed by atoms with Crippen LogP contribution in [-0.4, -0.2) is 23.8 Å². The van der Waals surface area contributed by atoms with Gasteiger partial charge in [0.05, 0.1) is 20.3 Å². The summed E-state index contributed by atoms with van der Waals surface area (Å²) in [6, 6.07) is 9.39. The van der Waals surface area contributed by atoms with E-state index in [1.54, 1.807) is 19.5 Å². The summed E-state index contributed by atoms with van der Waals surface area (Å²) in [5.74, 6) is 1.25. The van der Waals surface area contributed by atoms with E-state index >= 15 is 0 Å². The average Bonchev–Trinajstić information content (AvgIpc) is 2.48. The Labute approximate surface area is 112 Å². The smallest absolute Gasteiger partial charge is 0.166 e. The summed E-state index contributed by atoms with van der Waals surface area (Å²) in [4.78, 5) is 3.97. The van der Waals surface area contributed by atoms with Gasteiger partial charge in [0.2, 0.25) is 0 Å². The second-order valence-electron chi connectivity index (χ2n) is 4.06. The van der Waals surface area contributed by atoms with E-state index in [2.05, 4.69) is 4.98 Å². The molecule has 0 saturated heterocycles. The Morgan fingerprint density at radius 2 is 1.95 bits per heavy atom. The van der Waals surface area contributed by atoms with Crippen molar-refractivity contribution in [3.63, 3.8) is 0 Å². The van der Waals surface area contributed by atoms with Crippen molar-refractivity contribution in [2.75, 3.05) is 13.7 Å². The van der Waals surface area contributed by atoms with Gasteiger partial charge >= 0.3 is 0 Å². The Morgan fingerprint density at radius 1 is 1.16 bits per heavy atom. The number of hydrogen-bond donors (Lipinski definition) is 1. The predicted octanol–water partition coefficient (Wildman–Crippen LogP) is 2.20. The molecule has 0 bridgehead atoms.